The van der Waals surface area contributed by atoms with Crippen molar-refractivity contribution in [2.75, 3.05) is 25.0 Å². The van der Waals surface area contributed by atoms with E-state index in [4.69, 9.17) is 17.3 Å². The maximum Gasteiger partial charge on any atom is 0.0637 e. The highest BCUT2D eigenvalue weighted by Gasteiger charge is 2.34. The lowest BCUT2D eigenvalue weighted by atomic mass is 9.86. The van der Waals surface area contributed by atoms with Gasteiger partial charge in [-0.15, -0.1) is 0 Å². The molecule has 0 spiro atoms. The monoisotopic (exact) mass is 281 g/mol. The predicted molar refractivity (Wildman–Crippen MR) is 82.8 cm³/mol. The minimum absolute atomic E-state index is 0.0175. The zero-order valence-corrected chi connectivity index (χ0v) is 12.6. The molecule has 1 heterocycles. The second-order valence-corrected chi connectivity index (χ2v) is 6.13. The van der Waals surface area contributed by atoms with Gasteiger partial charge < -0.3 is 16.0 Å². The Morgan fingerprint density at radius 2 is 1.95 bits per heavy atom. The molecule has 1 aliphatic heterocycles. The summed E-state index contributed by atoms with van der Waals surface area (Å²) in [6, 6.07) is 8.49. The number of likely N-dealkylation sites (tertiary alicyclic amines) is 1. The third-order valence-corrected chi connectivity index (χ3v) is 4.48. The average Bonchev–Trinajstić information content (AvgIpc) is 2.42. The van der Waals surface area contributed by atoms with Crippen LogP contribution in [-0.4, -0.2) is 36.1 Å². The first-order chi connectivity index (χ1) is 9.06. The van der Waals surface area contributed by atoms with Crippen LogP contribution in [-0.2, 0) is 0 Å². The summed E-state index contributed by atoms with van der Waals surface area (Å²) >= 11 is 6.23. The van der Waals surface area contributed by atoms with Crippen molar-refractivity contribution in [3.8, 4) is 0 Å². The Balaban J connectivity index is 2.07. The Morgan fingerprint density at radius 1 is 1.32 bits per heavy atom. The van der Waals surface area contributed by atoms with E-state index in [0.717, 1.165) is 36.6 Å². The summed E-state index contributed by atoms with van der Waals surface area (Å²) in [5.74, 6) is 0. The Bertz CT molecular complexity index is 412. The van der Waals surface area contributed by atoms with Crippen LogP contribution < -0.4 is 11.1 Å². The molecule has 0 amide bonds. The van der Waals surface area contributed by atoms with Gasteiger partial charge in [-0.05, 0) is 38.8 Å². The van der Waals surface area contributed by atoms with Crippen LogP contribution in [0.4, 0.5) is 5.69 Å². The largest absolute Gasteiger partial charge is 0.377 e. The van der Waals surface area contributed by atoms with Crippen LogP contribution in [0.3, 0.4) is 0 Å². The Labute approximate surface area is 121 Å². The topological polar surface area (TPSA) is 41.3 Å². The number of anilines is 1. The molecule has 1 aromatic rings. The molecule has 1 saturated heterocycles. The summed E-state index contributed by atoms with van der Waals surface area (Å²) in [5, 5.41) is 4.35. The fraction of sp³-hybridized carbons (Fsp3) is 0.600. The van der Waals surface area contributed by atoms with Gasteiger partial charge in [0.05, 0.1) is 16.2 Å². The summed E-state index contributed by atoms with van der Waals surface area (Å²) in [6.45, 7) is 7.32. The first-order valence-corrected chi connectivity index (χ1v) is 7.41. The SMILES string of the molecule is CC(C)N1CCC(CN)(Nc2ccccc2Cl)CC1. The van der Waals surface area contributed by atoms with Gasteiger partial charge in [-0.25, -0.2) is 0 Å². The van der Waals surface area contributed by atoms with Crippen LogP contribution in [0.1, 0.15) is 26.7 Å². The van der Waals surface area contributed by atoms with Crippen molar-refractivity contribution >= 4 is 17.3 Å². The molecule has 1 aliphatic rings. The minimum Gasteiger partial charge on any atom is -0.377 e. The summed E-state index contributed by atoms with van der Waals surface area (Å²) in [4.78, 5) is 2.50. The van der Waals surface area contributed by atoms with Crippen LogP contribution in [0.5, 0.6) is 0 Å². The van der Waals surface area contributed by atoms with Crippen LogP contribution in [0.25, 0.3) is 0 Å². The van der Waals surface area contributed by atoms with Gasteiger partial charge >= 0.3 is 0 Å². The van der Waals surface area contributed by atoms with Gasteiger partial charge in [0.2, 0.25) is 0 Å². The number of rotatable bonds is 4. The van der Waals surface area contributed by atoms with Crippen LogP contribution in [0, 0.1) is 0 Å². The lowest BCUT2D eigenvalue weighted by molar-refractivity contribution is 0.144. The summed E-state index contributed by atoms with van der Waals surface area (Å²) < 4.78 is 0. The van der Waals surface area contributed by atoms with Crippen LogP contribution >= 0.6 is 11.6 Å². The molecular formula is C15H24ClN3. The molecule has 0 aromatic heterocycles. The lowest BCUT2D eigenvalue weighted by Crippen LogP contribution is -2.54. The van der Waals surface area contributed by atoms with Gasteiger partial charge in [0.25, 0.3) is 0 Å². The molecule has 1 aromatic carbocycles. The van der Waals surface area contributed by atoms with Gasteiger partial charge in [-0.2, -0.15) is 0 Å². The third kappa shape index (κ3) is 3.41. The molecule has 0 radical (unpaired) electrons. The molecular weight excluding hydrogens is 258 g/mol. The molecule has 0 saturated carbocycles. The highest BCUT2D eigenvalue weighted by atomic mass is 35.5. The van der Waals surface area contributed by atoms with Gasteiger partial charge in [-0.1, -0.05) is 23.7 Å². The molecule has 0 unspecified atom stereocenters. The van der Waals surface area contributed by atoms with Crippen LogP contribution in [0.2, 0.25) is 5.02 Å². The zero-order chi connectivity index (χ0) is 13.9. The Hall–Kier alpha value is -0.770. The van der Waals surface area contributed by atoms with Gasteiger partial charge in [0.15, 0.2) is 0 Å². The van der Waals surface area contributed by atoms with E-state index in [1.165, 1.54) is 0 Å². The number of hydrogen-bond donors (Lipinski definition) is 2. The molecule has 19 heavy (non-hydrogen) atoms. The van der Waals surface area contributed by atoms with E-state index in [2.05, 4.69) is 24.1 Å². The highest BCUT2D eigenvalue weighted by molar-refractivity contribution is 6.33. The van der Waals surface area contributed by atoms with Gasteiger partial charge in [-0.3, -0.25) is 0 Å². The van der Waals surface area contributed by atoms with E-state index < -0.39 is 0 Å². The van der Waals surface area contributed by atoms with E-state index in [1.54, 1.807) is 0 Å². The first kappa shape index (κ1) is 14.6. The normalized spacial score (nSPS) is 19.6. The maximum absolute atomic E-state index is 6.23. The van der Waals surface area contributed by atoms with Crippen molar-refractivity contribution in [3.63, 3.8) is 0 Å². The molecule has 0 atom stereocenters. The van der Waals surface area contributed by atoms with Crippen molar-refractivity contribution in [2.24, 2.45) is 5.73 Å². The molecule has 3 nitrogen and oxygen atoms in total. The maximum atomic E-state index is 6.23. The zero-order valence-electron chi connectivity index (χ0n) is 11.8. The van der Waals surface area contributed by atoms with Crippen molar-refractivity contribution in [2.45, 2.75) is 38.3 Å². The number of benzene rings is 1. The summed E-state index contributed by atoms with van der Waals surface area (Å²) in [7, 11) is 0. The molecule has 106 valence electrons. The quantitative estimate of drug-likeness (QED) is 0.892. The summed E-state index contributed by atoms with van der Waals surface area (Å²) in [6.07, 6.45) is 2.12. The van der Waals surface area contributed by atoms with Crippen molar-refractivity contribution in [1.29, 1.82) is 0 Å². The highest BCUT2D eigenvalue weighted by Crippen LogP contribution is 2.30. The minimum atomic E-state index is -0.0175. The molecule has 0 bridgehead atoms. The number of nitrogens with one attached hydrogen (secondary N) is 1. The first-order valence-electron chi connectivity index (χ1n) is 7.03. The van der Waals surface area contributed by atoms with E-state index in [9.17, 15) is 0 Å². The van der Waals surface area contributed by atoms with E-state index >= 15 is 0 Å². The standard InChI is InChI=1S/C15H24ClN3/c1-12(2)19-9-7-15(11-17,8-10-19)18-14-6-4-3-5-13(14)16/h3-6,12,18H,7-11,17H2,1-2H3. The number of piperidine rings is 1. The third-order valence-electron chi connectivity index (χ3n) is 4.15. The number of nitrogens with two attached hydrogens (primary N) is 1. The van der Waals surface area contributed by atoms with Crippen molar-refractivity contribution in [1.82, 2.24) is 4.90 Å². The number of hydrogen-bond acceptors (Lipinski definition) is 3. The fourth-order valence-corrected chi connectivity index (χ4v) is 2.88. The predicted octanol–water partition coefficient (Wildman–Crippen LogP) is 2.95. The van der Waals surface area contributed by atoms with E-state index in [1.807, 2.05) is 24.3 Å². The second kappa shape index (κ2) is 6.12. The molecule has 0 aliphatic carbocycles. The number of para-hydroxylation sites is 1. The van der Waals surface area contributed by atoms with Crippen molar-refractivity contribution < 1.29 is 0 Å². The Morgan fingerprint density at radius 3 is 2.47 bits per heavy atom. The average molecular weight is 282 g/mol. The van der Waals surface area contributed by atoms with Crippen LogP contribution in [0.15, 0.2) is 24.3 Å². The van der Waals surface area contributed by atoms with E-state index in [0.29, 0.717) is 12.6 Å². The molecule has 2 rings (SSSR count). The number of halogens is 1. The Kier molecular flexibility index (Phi) is 4.71. The van der Waals surface area contributed by atoms with E-state index in [-0.39, 0.29) is 5.54 Å². The smallest absolute Gasteiger partial charge is 0.0637 e. The number of nitrogens with zero attached hydrogens (tertiary/aromatic N) is 1. The lowest BCUT2D eigenvalue weighted by Gasteiger charge is -2.43. The molecule has 1 fully saturated rings. The molecule has 4 heteroatoms. The van der Waals surface area contributed by atoms with Crippen molar-refractivity contribution in [3.05, 3.63) is 29.3 Å². The van der Waals surface area contributed by atoms with Gasteiger partial charge in [0, 0.05) is 25.7 Å². The fourth-order valence-electron chi connectivity index (χ4n) is 2.70. The molecule has 3 N–H and O–H groups in total. The summed E-state index contributed by atoms with van der Waals surface area (Å²) in [5.41, 5.74) is 7.01. The van der Waals surface area contributed by atoms with Gasteiger partial charge in [0.1, 0.15) is 0 Å². The second-order valence-electron chi connectivity index (χ2n) is 5.72.